The number of nitrogens with one attached hydrogen (secondary N) is 2. The molecule has 4 rings (SSSR count). The molecule has 29 heavy (non-hydrogen) atoms. The van der Waals surface area contributed by atoms with Crippen molar-refractivity contribution in [3.05, 3.63) is 42.2 Å². The van der Waals surface area contributed by atoms with Gasteiger partial charge in [-0.15, -0.1) is 0 Å². The minimum absolute atomic E-state index is 0.0406. The zero-order valence-corrected chi connectivity index (χ0v) is 16.2. The van der Waals surface area contributed by atoms with Crippen molar-refractivity contribution < 1.29 is 23.8 Å². The Hall–Kier alpha value is -3.04. The number of ether oxygens (including phenoxy) is 3. The Balaban J connectivity index is 1.38. The van der Waals surface area contributed by atoms with Crippen LogP contribution < -0.4 is 20.1 Å². The molecule has 0 unspecified atom stereocenters. The minimum Gasteiger partial charge on any atom is -0.454 e. The summed E-state index contributed by atoms with van der Waals surface area (Å²) in [4.78, 5) is 27.0. The number of hydrogen-bond acceptors (Lipinski definition) is 6. The van der Waals surface area contributed by atoms with Crippen LogP contribution in [-0.2, 0) is 21.4 Å². The van der Waals surface area contributed by atoms with E-state index in [2.05, 4.69) is 15.5 Å². The molecule has 2 aliphatic heterocycles. The highest BCUT2D eigenvalue weighted by molar-refractivity contribution is 6.39. The van der Waals surface area contributed by atoms with Crippen LogP contribution in [-0.4, -0.2) is 60.9 Å². The van der Waals surface area contributed by atoms with Gasteiger partial charge in [0.15, 0.2) is 11.5 Å². The Bertz CT molecular complexity index is 891. The predicted octanol–water partition coefficient (Wildman–Crippen LogP) is 0.882. The van der Waals surface area contributed by atoms with Crippen LogP contribution in [0.2, 0.25) is 0 Å². The number of morpholine rings is 1. The van der Waals surface area contributed by atoms with Crippen LogP contribution in [0.1, 0.15) is 11.7 Å². The van der Waals surface area contributed by atoms with Crippen molar-refractivity contribution in [3.8, 4) is 11.5 Å². The van der Waals surface area contributed by atoms with E-state index in [1.54, 1.807) is 18.2 Å². The van der Waals surface area contributed by atoms with E-state index in [0.29, 0.717) is 36.9 Å². The molecule has 0 aliphatic carbocycles. The largest absolute Gasteiger partial charge is 0.454 e. The molecule has 0 radical (unpaired) electrons. The topological polar surface area (TPSA) is 94.1 Å². The minimum atomic E-state index is -0.725. The van der Waals surface area contributed by atoms with Crippen LogP contribution in [0.3, 0.4) is 0 Å². The van der Waals surface area contributed by atoms with Crippen molar-refractivity contribution in [2.24, 2.45) is 7.05 Å². The lowest BCUT2D eigenvalue weighted by atomic mass is 10.1. The average molecular weight is 400 g/mol. The summed E-state index contributed by atoms with van der Waals surface area (Å²) in [7, 11) is 1.97. The second kappa shape index (κ2) is 8.54. The van der Waals surface area contributed by atoms with Gasteiger partial charge in [0.1, 0.15) is 0 Å². The van der Waals surface area contributed by atoms with Gasteiger partial charge in [-0.1, -0.05) is 0 Å². The maximum atomic E-state index is 12.4. The summed E-state index contributed by atoms with van der Waals surface area (Å²) in [6.45, 7) is 3.32. The molecule has 0 bridgehead atoms. The van der Waals surface area contributed by atoms with Crippen molar-refractivity contribution in [2.45, 2.75) is 6.04 Å². The third-order valence-corrected chi connectivity index (χ3v) is 5.10. The Kier molecular flexibility index (Phi) is 5.68. The number of rotatable bonds is 5. The maximum absolute atomic E-state index is 12.4. The molecular formula is C20H24N4O5. The van der Waals surface area contributed by atoms with Crippen molar-refractivity contribution >= 4 is 17.5 Å². The van der Waals surface area contributed by atoms with E-state index in [-0.39, 0.29) is 12.8 Å². The molecule has 2 N–H and O–H groups in total. The molecule has 1 aromatic carbocycles. The van der Waals surface area contributed by atoms with Crippen molar-refractivity contribution in [1.29, 1.82) is 0 Å². The number of nitrogens with zero attached hydrogens (tertiary/aromatic N) is 2. The summed E-state index contributed by atoms with van der Waals surface area (Å²) in [6.07, 6.45) is 1.97. The highest BCUT2D eigenvalue weighted by Crippen LogP contribution is 2.34. The number of carbonyl (C=O) groups is 2. The van der Waals surface area contributed by atoms with E-state index in [1.165, 1.54) is 0 Å². The molecule has 1 saturated heterocycles. The lowest BCUT2D eigenvalue weighted by molar-refractivity contribution is -0.136. The van der Waals surface area contributed by atoms with Crippen molar-refractivity contribution in [3.63, 3.8) is 0 Å². The first-order chi connectivity index (χ1) is 14.1. The summed E-state index contributed by atoms with van der Waals surface area (Å²) < 4.78 is 18.0. The molecular weight excluding hydrogens is 376 g/mol. The highest BCUT2D eigenvalue weighted by Gasteiger charge is 2.26. The van der Waals surface area contributed by atoms with E-state index in [9.17, 15) is 9.59 Å². The zero-order chi connectivity index (χ0) is 20.2. The number of anilines is 1. The molecule has 0 spiro atoms. The smallest absolute Gasteiger partial charge is 0.313 e. The highest BCUT2D eigenvalue weighted by atomic mass is 16.7. The van der Waals surface area contributed by atoms with Gasteiger partial charge in [0, 0.05) is 50.3 Å². The Labute approximate surface area is 168 Å². The summed E-state index contributed by atoms with van der Waals surface area (Å²) >= 11 is 0. The monoisotopic (exact) mass is 400 g/mol. The lowest BCUT2D eigenvalue weighted by Gasteiger charge is -2.34. The zero-order valence-electron chi connectivity index (χ0n) is 16.2. The van der Waals surface area contributed by atoms with Gasteiger partial charge in [-0.25, -0.2) is 0 Å². The average Bonchev–Trinajstić information content (AvgIpc) is 3.37. The molecule has 154 valence electrons. The van der Waals surface area contributed by atoms with Gasteiger partial charge in [-0.2, -0.15) is 0 Å². The number of aryl methyl sites for hydroxylation is 1. The predicted molar refractivity (Wildman–Crippen MR) is 105 cm³/mol. The number of carbonyl (C=O) groups excluding carboxylic acids is 2. The summed E-state index contributed by atoms with van der Waals surface area (Å²) in [5, 5.41) is 5.36. The molecule has 9 nitrogen and oxygen atoms in total. The quantitative estimate of drug-likeness (QED) is 0.724. The van der Waals surface area contributed by atoms with Gasteiger partial charge in [0.05, 0.1) is 19.3 Å². The molecule has 9 heteroatoms. The molecule has 1 atom stereocenters. The fourth-order valence-corrected chi connectivity index (χ4v) is 3.56. The van der Waals surface area contributed by atoms with E-state index in [0.717, 1.165) is 18.8 Å². The van der Waals surface area contributed by atoms with Crippen LogP contribution in [0.5, 0.6) is 11.5 Å². The first-order valence-corrected chi connectivity index (χ1v) is 9.53. The number of fused-ring (bicyclic) bond motifs is 1. The van der Waals surface area contributed by atoms with Gasteiger partial charge in [-0.05, 0) is 24.3 Å². The van der Waals surface area contributed by atoms with Crippen LogP contribution in [0.4, 0.5) is 5.69 Å². The van der Waals surface area contributed by atoms with Crippen LogP contribution in [0, 0.1) is 0 Å². The maximum Gasteiger partial charge on any atom is 0.313 e. The second-order valence-corrected chi connectivity index (χ2v) is 6.94. The van der Waals surface area contributed by atoms with E-state index in [4.69, 9.17) is 14.2 Å². The fraction of sp³-hybridized carbons (Fsp3) is 0.400. The van der Waals surface area contributed by atoms with Crippen molar-refractivity contribution in [2.75, 3.05) is 45.0 Å². The van der Waals surface area contributed by atoms with Gasteiger partial charge in [0.2, 0.25) is 6.79 Å². The summed E-state index contributed by atoms with van der Waals surface area (Å²) in [5.41, 5.74) is 1.55. The van der Waals surface area contributed by atoms with Crippen molar-refractivity contribution in [1.82, 2.24) is 14.8 Å². The SMILES string of the molecule is Cn1cccc1[C@@H](CNC(=O)C(=O)Nc1ccc2c(c1)OCO2)N1CCOCC1. The second-order valence-electron chi connectivity index (χ2n) is 6.94. The summed E-state index contributed by atoms with van der Waals surface area (Å²) in [6, 6.07) is 8.95. The Morgan fingerprint density at radius 2 is 1.90 bits per heavy atom. The fourth-order valence-electron chi connectivity index (χ4n) is 3.56. The molecule has 1 aromatic heterocycles. The first kappa shape index (κ1) is 19.3. The third-order valence-electron chi connectivity index (χ3n) is 5.10. The number of aromatic nitrogens is 1. The summed E-state index contributed by atoms with van der Waals surface area (Å²) in [5.74, 6) is -0.255. The molecule has 2 amide bonds. The van der Waals surface area contributed by atoms with E-state index < -0.39 is 11.8 Å². The number of benzene rings is 1. The number of amides is 2. The van der Waals surface area contributed by atoms with E-state index in [1.807, 2.05) is 29.9 Å². The van der Waals surface area contributed by atoms with Crippen LogP contribution in [0.25, 0.3) is 0 Å². The van der Waals surface area contributed by atoms with Gasteiger partial charge in [-0.3, -0.25) is 14.5 Å². The Morgan fingerprint density at radius 1 is 1.10 bits per heavy atom. The third kappa shape index (κ3) is 4.36. The normalized spacial score (nSPS) is 17.0. The van der Waals surface area contributed by atoms with Crippen LogP contribution in [0.15, 0.2) is 36.5 Å². The van der Waals surface area contributed by atoms with Gasteiger partial charge >= 0.3 is 11.8 Å². The molecule has 1 fully saturated rings. The first-order valence-electron chi connectivity index (χ1n) is 9.53. The lowest BCUT2D eigenvalue weighted by Crippen LogP contribution is -2.46. The molecule has 2 aromatic rings. The molecule has 2 aliphatic rings. The molecule has 3 heterocycles. The van der Waals surface area contributed by atoms with Crippen LogP contribution >= 0.6 is 0 Å². The van der Waals surface area contributed by atoms with E-state index >= 15 is 0 Å². The molecule has 0 saturated carbocycles. The standard InChI is InChI=1S/C20H24N4O5/c1-23-6-2-3-15(23)16(24-7-9-27-10-8-24)12-21-19(25)20(26)22-14-4-5-17-18(11-14)29-13-28-17/h2-6,11,16H,7-10,12-13H2,1H3,(H,21,25)(H,22,26)/t16-/m1/s1. The number of hydrogen-bond donors (Lipinski definition) is 2. The Morgan fingerprint density at radius 3 is 2.66 bits per heavy atom. The van der Waals surface area contributed by atoms with Gasteiger partial charge < -0.3 is 29.4 Å². The van der Waals surface area contributed by atoms with Gasteiger partial charge in [0.25, 0.3) is 0 Å².